The van der Waals surface area contributed by atoms with Crippen LogP contribution in [0.1, 0.15) is 15.9 Å². The highest BCUT2D eigenvalue weighted by Crippen LogP contribution is 2.22. The van der Waals surface area contributed by atoms with E-state index in [-0.39, 0.29) is 10.6 Å². The van der Waals surface area contributed by atoms with Gasteiger partial charge in [0.05, 0.1) is 17.8 Å². The summed E-state index contributed by atoms with van der Waals surface area (Å²) in [4.78, 5) is 11.2. The highest BCUT2D eigenvalue weighted by Gasteiger charge is 2.17. The number of carbonyl (C=O) groups is 1. The van der Waals surface area contributed by atoms with Crippen LogP contribution in [-0.2, 0) is 15.6 Å². The molecule has 20 heavy (non-hydrogen) atoms. The Kier molecular flexibility index (Phi) is 4.20. The zero-order valence-corrected chi connectivity index (χ0v) is 11.8. The minimum Gasteiger partial charge on any atom is -0.497 e. The second-order valence-electron chi connectivity index (χ2n) is 4.25. The summed E-state index contributed by atoms with van der Waals surface area (Å²) in [6, 6.07) is 12.9. The van der Waals surface area contributed by atoms with Crippen LogP contribution in [0.5, 0.6) is 5.75 Å². The largest absolute Gasteiger partial charge is 0.497 e. The van der Waals surface area contributed by atoms with Crippen LogP contribution in [-0.4, -0.2) is 21.8 Å². The van der Waals surface area contributed by atoms with Gasteiger partial charge in [0, 0.05) is 5.56 Å². The van der Waals surface area contributed by atoms with Gasteiger partial charge in [0.1, 0.15) is 12.0 Å². The van der Waals surface area contributed by atoms with Crippen molar-refractivity contribution >= 4 is 16.1 Å². The summed E-state index contributed by atoms with van der Waals surface area (Å²) in [5, 5.41) is 0. The maximum atomic E-state index is 12.3. The molecule has 0 aliphatic carbocycles. The van der Waals surface area contributed by atoms with Crippen molar-refractivity contribution in [2.45, 2.75) is 10.6 Å². The number of benzene rings is 2. The van der Waals surface area contributed by atoms with E-state index < -0.39 is 9.84 Å². The van der Waals surface area contributed by atoms with Gasteiger partial charge in [-0.2, -0.15) is 0 Å². The topological polar surface area (TPSA) is 60.4 Å². The molecule has 0 aromatic heterocycles. The Bertz CT molecular complexity index is 706. The fourth-order valence-corrected chi connectivity index (χ4v) is 3.26. The van der Waals surface area contributed by atoms with E-state index in [1.54, 1.807) is 36.4 Å². The molecule has 0 atom stereocenters. The van der Waals surface area contributed by atoms with E-state index in [9.17, 15) is 13.2 Å². The second-order valence-corrected chi connectivity index (χ2v) is 6.24. The van der Waals surface area contributed by atoms with E-state index in [1.807, 2.05) is 0 Å². The van der Waals surface area contributed by atoms with E-state index in [0.29, 0.717) is 23.2 Å². The van der Waals surface area contributed by atoms with Gasteiger partial charge in [0.15, 0.2) is 9.84 Å². The van der Waals surface area contributed by atoms with Crippen molar-refractivity contribution in [1.82, 2.24) is 0 Å². The van der Waals surface area contributed by atoms with Gasteiger partial charge in [-0.3, -0.25) is 4.79 Å². The minimum atomic E-state index is -3.49. The average molecular weight is 290 g/mol. The molecule has 5 heteroatoms. The molecule has 0 fully saturated rings. The lowest BCUT2D eigenvalue weighted by Crippen LogP contribution is -2.07. The van der Waals surface area contributed by atoms with Crippen LogP contribution in [0.25, 0.3) is 0 Å². The normalized spacial score (nSPS) is 11.1. The second kappa shape index (κ2) is 5.88. The smallest absolute Gasteiger partial charge is 0.182 e. The lowest BCUT2D eigenvalue weighted by atomic mass is 10.1. The Morgan fingerprint density at radius 1 is 1.10 bits per heavy atom. The molecule has 4 nitrogen and oxygen atoms in total. The van der Waals surface area contributed by atoms with Gasteiger partial charge in [0.2, 0.25) is 0 Å². The number of ether oxygens (including phenoxy) is 1. The monoisotopic (exact) mass is 290 g/mol. The summed E-state index contributed by atoms with van der Waals surface area (Å²) < 4.78 is 29.7. The first kappa shape index (κ1) is 14.3. The van der Waals surface area contributed by atoms with Crippen molar-refractivity contribution < 1.29 is 17.9 Å². The molecule has 0 saturated carbocycles. The number of methoxy groups -OCH3 is 1. The molecule has 0 aliphatic rings. The van der Waals surface area contributed by atoms with Crippen molar-refractivity contribution in [2.24, 2.45) is 0 Å². The van der Waals surface area contributed by atoms with E-state index in [4.69, 9.17) is 4.74 Å². The highest BCUT2D eigenvalue weighted by atomic mass is 32.2. The summed E-state index contributed by atoms with van der Waals surface area (Å²) in [5.74, 6) is 0.288. The van der Waals surface area contributed by atoms with E-state index in [2.05, 4.69) is 0 Å². The van der Waals surface area contributed by atoms with Gasteiger partial charge < -0.3 is 4.74 Å². The number of rotatable bonds is 5. The molecule has 0 unspecified atom stereocenters. The molecule has 0 aliphatic heterocycles. The standard InChI is InChI=1S/C15H14O4S/c1-19-14-8-7-12(10-16)13(9-14)11-20(17,18)15-5-3-2-4-6-15/h2-10H,11H2,1H3. The summed E-state index contributed by atoms with van der Waals surface area (Å²) >= 11 is 0. The Labute approximate surface area is 117 Å². The molecule has 0 radical (unpaired) electrons. The average Bonchev–Trinajstić information content (AvgIpc) is 2.47. The maximum Gasteiger partial charge on any atom is 0.182 e. The van der Waals surface area contributed by atoms with E-state index >= 15 is 0 Å². The molecule has 104 valence electrons. The van der Waals surface area contributed by atoms with Gasteiger partial charge in [-0.1, -0.05) is 18.2 Å². The maximum absolute atomic E-state index is 12.3. The van der Waals surface area contributed by atoms with Gasteiger partial charge in [-0.05, 0) is 35.9 Å². The number of aldehydes is 1. The Balaban J connectivity index is 2.41. The first-order valence-electron chi connectivity index (χ1n) is 5.97. The van der Waals surface area contributed by atoms with Crippen LogP contribution in [0.3, 0.4) is 0 Å². The van der Waals surface area contributed by atoms with E-state index in [0.717, 1.165) is 0 Å². The van der Waals surface area contributed by atoms with Crippen LogP contribution in [0.4, 0.5) is 0 Å². The third-order valence-corrected chi connectivity index (χ3v) is 4.61. The predicted octanol–water partition coefficient (Wildman–Crippen LogP) is 2.48. The lowest BCUT2D eigenvalue weighted by Gasteiger charge is -2.09. The van der Waals surface area contributed by atoms with Crippen LogP contribution in [0.2, 0.25) is 0 Å². The van der Waals surface area contributed by atoms with Gasteiger partial charge in [0.25, 0.3) is 0 Å². The van der Waals surface area contributed by atoms with Crippen molar-refractivity contribution in [2.75, 3.05) is 7.11 Å². The van der Waals surface area contributed by atoms with Crippen LogP contribution in [0.15, 0.2) is 53.4 Å². The first-order chi connectivity index (χ1) is 9.56. The molecule has 2 aromatic rings. The lowest BCUT2D eigenvalue weighted by molar-refractivity contribution is 0.112. The first-order valence-corrected chi connectivity index (χ1v) is 7.62. The zero-order chi connectivity index (χ0) is 14.6. The quantitative estimate of drug-likeness (QED) is 0.794. The summed E-state index contributed by atoms with van der Waals surface area (Å²) in [6.45, 7) is 0. The summed E-state index contributed by atoms with van der Waals surface area (Å²) in [7, 11) is -1.99. The van der Waals surface area contributed by atoms with Gasteiger partial charge >= 0.3 is 0 Å². The number of sulfone groups is 1. The van der Waals surface area contributed by atoms with E-state index in [1.165, 1.54) is 19.2 Å². The Morgan fingerprint density at radius 3 is 2.40 bits per heavy atom. The number of hydrogen-bond donors (Lipinski definition) is 0. The van der Waals surface area contributed by atoms with Crippen LogP contribution < -0.4 is 4.74 Å². The molecule has 2 aromatic carbocycles. The molecule has 0 heterocycles. The Hall–Kier alpha value is -2.14. The molecule has 0 spiro atoms. The molecule has 2 rings (SSSR count). The van der Waals surface area contributed by atoms with Crippen molar-refractivity contribution in [3.05, 3.63) is 59.7 Å². The van der Waals surface area contributed by atoms with Crippen LogP contribution in [0, 0.1) is 0 Å². The SMILES string of the molecule is COc1ccc(C=O)c(CS(=O)(=O)c2ccccc2)c1. The minimum absolute atomic E-state index is 0.234. The zero-order valence-electron chi connectivity index (χ0n) is 10.9. The molecule has 0 N–H and O–H groups in total. The summed E-state index contributed by atoms with van der Waals surface area (Å²) in [5.41, 5.74) is 0.786. The van der Waals surface area contributed by atoms with Gasteiger partial charge in [-0.15, -0.1) is 0 Å². The number of hydrogen-bond acceptors (Lipinski definition) is 4. The Morgan fingerprint density at radius 2 is 1.80 bits per heavy atom. The third kappa shape index (κ3) is 3.05. The molecular formula is C15H14O4S. The third-order valence-electron chi connectivity index (χ3n) is 2.92. The van der Waals surface area contributed by atoms with Crippen molar-refractivity contribution in [3.8, 4) is 5.75 Å². The van der Waals surface area contributed by atoms with Gasteiger partial charge in [-0.25, -0.2) is 8.42 Å². The predicted molar refractivity (Wildman–Crippen MR) is 75.7 cm³/mol. The fourth-order valence-electron chi connectivity index (χ4n) is 1.86. The number of carbonyl (C=O) groups excluding carboxylic acids is 1. The fraction of sp³-hybridized carbons (Fsp3) is 0.133. The molecule has 0 amide bonds. The van der Waals surface area contributed by atoms with Crippen molar-refractivity contribution in [3.63, 3.8) is 0 Å². The van der Waals surface area contributed by atoms with Crippen molar-refractivity contribution in [1.29, 1.82) is 0 Å². The van der Waals surface area contributed by atoms with Crippen LogP contribution >= 0.6 is 0 Å². The highest BCUT2D eigenvalue weighted by molar-refractivity contribution is 7.90. The molecule has 0 saturated heterocycles. The molecular weight excluding hydrogens is 276 g/mol. The summed E-state index contributed by atoms with van der Waals surface area (Å²) in [6.07, 6.45) is 0.648. The molecule has 0 bridgehead atoms.